The monoisotopic (exact) mass is 444 g/mol. The van der Waals surface area contributed by atoms with E-state index in [4.69, 9.17) is 0 Å². The number of carbonyl (C=O) groups excluding carboxylic acids is 1. The molecule has 0 unspecified atom stereocenters. The van der Waals surface area contributed by atoms with Crippen LogP contribution in [0, 0.1) is 0 Å². The maximum absolute atomic E-state index is 13.2. The SMILES string of the molecule is Cn1ncc(CNC(=O)c2ccc3nc(C(C)(C)C(F)(F)F)ccc3c2)c1C(F)(F)F. The molecule has 0 fully saturated rings. The molecule has 1 amide bonds. The summed E-state index contributed by atoms with van der Waals surface area (Å²) in [4.78, 5) is 16.5. The fourth-order valence-corrected chi connectivity index (χ4v) is 3.02. The number of halogens is 6. The van der Waals surface area contributed by atoms with Crippen LogP contribution in [0.3, 0.4) is 0 Å². The molecule has 0 aliphatic carbocycles. The minimum atomic E-state index is -4.62. The van der Waals surface area contributed by atoms with E-state index >= 15 is 0 Å². The van der Waals surface area contributed by atoms with Gasteiger partial charge >= 0.3 is 12.4 Å². The molecule has 31 heavy (non-hydrogen) atoms. The molecular weight excluding hydrogens is 426 g/mol. The van der Waals surface area contributed by atoms with Gasteiger partial charge in [0.1, 0.15) is 11.1 Å². The lowest BCUT2D eigenvalue weighted by atomic mass is 9.87. The van der Waals surface area contributed by atoms with Crippen LogP contribution in [0.4, 0.5) is 26.3 Å². The Hall–Kier alpha value is -3.11. The first-order valence-corrected chi connectivity index (χ1v) is 9.06. The maximum Gasteiger partial charge on any atom is 0.433 e. The second kappa shape index (κ2) is 7.54. The highest BCUT2D eigenvalue weighted by Crippen LogP contribution is 2.40. The third-order valence-corrected chi connectivity index (χ3v) is 5.02. The first kappa shape index (κ1) is 22.6. The molecule has 1 N–H and O–H groups in total. The first-order valence-electron chi connectivity index (χ1n) is 9.06. The lowest BCUT2D eigenvalue weighted by Crippen LogP contribution is -2.37. The zero-order chi connectivity index (χ0) is 23.2. The quantitative estimate of drug-likeness (QED) is 0.591. The van der Waals surface area contributed by atoms with Crippen LogP contribution in [0.2, 0.25) is 0 Å². The number of pyridine rings is 1. The summed E-state index contributed by atoms with van der Waals surface area (Å²) in [6, 6.07) is 6.82. The van der Waals surface area contributed by atoms with E-state index < -0.39 is 35.9 Å². The zero-order valence-corrected chi connectivity index (χ0v) is 16.7. The summed E-state index contributed by atoms with van der Waals surface area (Å²) < 4.78 is 79.7. The van der Waals surface area contributed by atoms with Crippen molar-refractivity contribution >= 4 is 16.8 Å². The molecule has 2 heterocycles. The van der Waals surface area contributed by atoms with Crippen LogP contribution in [0.1, 0.15) is 41.2 Å². The number of nitrogens with zero attached hydrogens (tertiary/aromatic N) is 3. The largest absolute Gasteiger partial charge is 0.433 e. The molecule has 1 aromatic carbocycles. The fraction of sp³-hybridized carbons (Fsp3) is 0.350. The van der Waals surface area contributed by atoms with Gasteiger partial charge in [0.2, 0.25) is 0 Å². The van der Waals surface area contributed by atoms with Crippen LogP contribution >= 0.6 is 0 Å². The first-order chi connectivity index (χ1) is 14.2. The van der Waals surface area contributed by atoms with Crippen molar-refractivity contribution < 1.29 is 31.1 Å². The Labute approximate surface area is 173 Å². The van der Waals surface area contributed by atoms with E-state index in [1.165, 1.54) is 30.3 Å². The zero-order valence-electron chi connectivity index (χ0n) is 16.7. The van der Waals surface area contributed by atoms with Gasteiger partial charge in [0.15, 0.2) is 0 Å². The maximum atomic E-state index is 13.2. The second-order valence-corrected chi connectivity index (χ2v) is 7.55. The van der Waals surface area contributed by atoms with Crippen molar-refractivity contribution in [2.45, 2.75) is 38.2 Å². The number of amides is 1. The molecule has 2 aromatic heterocycles. The molecule has 0 spiro atoms. The second-order valence-electron chi connectivity index (χ2n) is 7.55. The van der Waals surface area contributed by atoms with E-state index in [2.05, 4.69) is 15.4 Å². The highest BCUT2D eigenvalue weighted by Gasteiger charge is 2.49. The normalized spacial score (nSPS) is 12.9. The molecule has 0 aliphatic rings. The lowest BCUT2D eigenvalue weighted by Gasteiger charge is -2.27. The number of carbonyl (C=O) groups is 1. The van der Waals surface area contributed by atoms with Gasteiger partial charge < -0.3 is 5.32 Å². The van der Waals surface area contributed by atoms with Gasteiger partial charge in [-0.25, -0.2) is 0 Å². The van der Waals surface area contributed by atoms with Crippen LogP contribution in [-0.4, -0.2) is 26.8 Å². The molecular formula is C20H18F6N4O. The number of hydrogen-bond donors (Lipinski definition) is 1. The van der Waals surface area contributed by atoms with E-state index in [0.717, 1.165) is 27.1 Å². The molecule has 0 radical (unpaired) electrons. The smallest absolute Gasteiger partial charge is 0.348 e. The molecule has 3 aromatic rings. The highest BCUT2D eigenvalue weighted by atomic mass is 19.4. The number of fused-ring (bicyclic) bond motifs is 1. The number of alkyl halides is 6. The van der Waals surface area contributed by atoms with Gasteiger partial charge in [0.05, 0.1) is 17.4 Å². The number of benzene rings is 1. The summed E-state index contributed by atoms with van der Waals surface area (Å²) in [7, 11) is 1.15. The standard InChI is InChI=1S/C20H18F6N4O/c1-18(2,20(24,25)26)15-7-5-11-8-12(4-6-14(11)29-15)17(31)27-9-13-10-28-30(3)16(13)19(21,22)23/h4-8,10H,9H2,1-3H3,(H,27,31). The summed E-state index contributed by atoms with van der Waals surface area (Å²) in [6.07, 6.45) is -8.09. The Morgan fingerprint density at radius 1 is 1.06 bits per heavy atom. The molecule has 0 saturated heterocycles. The van der Waals surface area contributed by atoms with Crippen LogP contribution in [-0.2, 0) is 25.2 Å². The lowest BCUT2D eigenvalue weighted by molar-refractivity contribution is -0.181. The van der Waals surface area contributed by atoms with E-state index in [1.807, 2.05) is 0 Å². The van der Waals surface area contributed by atoms with E-state index in [1.54, 1.807) is 0 Å². The summed E-state index contributed by atoms with van der Waals surface area (Å²) in [5, 5.41) is 6.40. The molecule has 166 valence electrons. The predicted molar refractivity (Wildman–Crippen MR) is 100 cm³/mol. The van der Waals surface area contributed by atoms with E-state index in [9.17, 15) is 31.1 Å². The number of hydrogen-bond acceptors (Lipinski definition) is 3. The van der Waals surface area contributed by atoms with Crippen LogP contribution in [0.15, 0.2) is 36.5 Å². The number of aromatic nitrogens is 3. The average molecular weight is 444 g/mol. The Morgan fingerprint density at radius 2 is 1.74 bits per heavy atom. The molecule has 11 heteroatoms. The number of rotatable bonds is 4. The van der Waals surface area contributed by atoms with Crippen LogP contribution in [0.25, 0.3) is 10.9 Å². The molecule has 3 rings (SSSR count). The summed E-state index contributed by atoms with van der Waals surface area (Å²) in [5.74, 6) is -0.640. The third kappa shape index (κ3) is 4.35. The highest BCUT2D eigenvalue weighted by molar-refractivity contribution is 5.97. The fourth-order valence-electron chi connectivity index (χ4n) is 3.02. The van der Waals surface area contributed by atoms with Crippen molar-refractivity contribution in [3.63, 3.8) is 0 Å². The van der Waals surface area contributed by atoms with Gasteiger partial charge in [-0.1, -0.05) is 6.07 Å². The number of aryl methyl sites for hydroxylation is 1. The van der Waals surface area contributed by atoms with Crippen molar-refractivity contribution in [1.82, 2.24) is 20.1 Å². The number of nitrogens with one attached hydrogen (secondary N) is 1. The average Bonchev–Trinajstić information content (AvgIpc) is 3.05. The van der Waals surface area contributed by atoms with Crippen molar-refractivity contribution in [2.24, 2.45) is 7.05 Å². The Bertz CT molecular complexity index is 1130. The van der Waals surface area contributed by atoms with Crippen LogP contribution < -0.4 is 5.32 Å². The Morgan fingerprint density at radius 3 is 2.35 bits per heavy atom. The minimum absolute atomic E-state index is 0.134. The molecule has 5 nitrogen and oxygen atoms in total. The van der Waals surface area contributed by atoms with Crippen LogP contribution in [0.5, 0.6) is 0 Å². The third-order valence-electron chi connectivity index (χ3n) is 5.02. The van der Waals surface area contributed by atoms with Gasteiger partial charge in [0.25, 0.3) is 5.91 Å². The van der Waals surface area contributed by atoms with Crippen molar-refractivity contribution in [3.05, 3.63) is 59.0 Å². The predicted octanol–water partition coefficient (Wildman–Crippen LogP) is 4.76. The molecule has 0 atom stereocenters. The van der Waals surface area contributed by atoms with Crippen molar-refractivity contribution in [2.75, 3.05) is 0 Å². The molecule has 0 bridgehead atoms. The van der Waals surface area contributed by atoms with Gasteiger partial charge in [-0.05, 0) is 38.1 Å². The van der Waals surface area contributed by atoms with Gasteiger partial charge in [-0.3, -0.25) is 14.5 Å². The van der Waals surface area contributed by atoms with E-state index in [-0.39, 0.29) is 22.3 Å². The minimum Gasteiger partial charge on any atom is -0.348 e. The van der Waals surface area contributed by atoms with Crippen molar-refractivity contribution in [3.8, 4) is 0 Å². The Kier molecular flexibility index (Phi) is 5.49. The van der Waals surface area contributed by atoms with E-state index in [0.29, 0.717) is 10.1 Å². The Balaban J connectivity index is 1.81. The molecule has 0 saturated carbocycles. The summed E-state index contributed by atoms with van der Waals surface area (Å²) in [5.41, 5.74) is -3.08. The van der Waals surface area contributed by atoms with Gasteiger partial charge in [-0.2, -0.15) is 31.4 Å². The topological polar surface area (TPSA) is 59.8 Å². The molecule has 0 aliphatic heterocycles. The summed E-state index contributed by atoms with van der Waals surface area (Å²) in [6.45, 7) is 1.66. The van der Waals surface area contributed by atoms with Gasteiger partial charge in [-0.15, -0.1) is 0 Å². The van der Waals surface area contributed by atoms with Gasteiger partial charge in [0, 0.05) is 30.1 Å². The summed E-state index contributed by atoms with van der Waals surface area (Å²) >= 11 is 0. The van der Waals surface area contributed by atoms with Crippen molar-refractivity contribution in [1.29, 1.82) is 0 Å².